The Balaban J connectivity index is 2.28. The Hall–Kier alpha value is -1.76. The van der Waals surface area contributed by atoms with E-state index >= 15 is 0 Å². The van der Waals surface area contributed by atoms with E-state index in [9.17, 15) is 18.3 Å². The molecule has 2 aromatic rings. The van der Waals surface area contributed by atoms with Gasteiger partial charge in [-0.25, -0.2) is 13.2 Å². The Bertz CT molecular complexity index is 788. The van der Waals surface area contributed by atoms with Gasteiger partial charge < -0.3 is 10.1 Å². The third-order valence-electron chi connectivity index (χ3n) is 3.56. The number of benzene rings is 1. The molecule has 1 aromatic heterocycles. The number of aromatic amines is 1. The molecule has 6 nitrogen and oxygen atoms in total. The van der Waals surface area contributed by atoms with Crippen molar-refractivity contribution in [3.8, 4) is 5.75 Å². The molecule has 0 radical (unpaired) electrons. The van der Waals surface area contributed by atoms with E-state index in [4.69, 9.17) is 0 Å². The number of phenols is 1. The van der Waals surface area contributed by atoms with E-state index in [-0.39, 0.29) is 17.0 Å². The first-order valence-electron chi connectivity index (χ1n) is 6.14. The van der Waals surface area contributed by atoms with Crippen LogP contribution in [0.4, 0.5) is 0 Å². The van der Waals surface area contributed by atoms with E-state index in [0.29, 0.717) is 18.4 Å². The zero-order valence-electron chi connectivity index (χ0n) is 10.2. The predicted molar refractivity (Wildman–Crippen MR) is 70.9 cm³/mol. The van der Waals surface area contributed by atoms with Crippen LogP contribution in [0.25, 0.3) is 11.0 Å². The van der Waals surface area contributed by atoms with Gasteiger partial charge in [0.15, 0.2) is 9.84 Å². The molecule has 102 valence electrons. The molecule has 1 aliphatic rings. The van der Waals surface area contributed by atoms with Crippen molar-refractivity contribution >= 4 is 20.9 Å². The molecule has 0 amide bonds. The molecular weight excluding hydrogens is 268 g/mol. The number of hydrogen-bond donors (Lipinski definition) is 2. The fourth-order valence-corrected chi connectivity index (χ4v) is 4.58. The first-order valence-corrected chi connectivity index (χ1v) is 7.86. The van der Waals surface area contributed by atoms with Gasteiger partial charge in [0.1, 0.15) is 16.6 Å². The minimum absolute atomic E-state index is 0.0541. The smallest absolute Gasteiger partial charge is 0.327 e. The molecular formula is C12H14N2O4S. The van der Waals surface area contributed by atoms with Crippen LogP contribution in [0.2, 0.25) is 0 Å². The van der Waals surface area contributed by atoms with Crippen LogP contribution in [0.1, 0.15) is 24.6 Å². The molecule has 7 heteroatoms. The normalized spacial score (nSPS) is 22.6. The van der Waals surface area contributed by atoms with Crippen LogP contribution < -0.4 is 5.69 Å². The van der Waals surface area contributed by atoms with Crippen LogP contribution in [-0.2, 0) is 9.84 Å². The van der Waals surface area contributed by atoms with Crippen LogP contribution in [0, 0.1) is 0 Å². The first-order chi connectivity index (χ1) is 9.00. The molecule has 1 aromatic carbocycles. The lowest BCUT2D eigenvalue weighted by Crippen LogP contribution is -2.32. The van der Waals surface area contributed by atoms with Crippen LogP contribution in [0.5, 0.6) is 5.75 Å². The predicted octanol–water partition coefficient (Wildman–Crippen LogP) is 1.13. The number of rotatable bonds is 1. The highest BCUT2D eigenvalue weighted by atomic mass is 32.2. The average Bonchev–Trinajstić information content (AvgIpc) is 2.67. The molecule has 1 aliphatic heterocycles. The minimum atomic E-state index is -3.31. The zero-order valence-corrected chi connectivity index (χ0v) is 11.0. The number of sulfone groups is 1. The van der Waals surface area contributed by atoms with Crippen molar-refractivity contribution in [2.24, 2.45) is 0 Å². The summed E-state index contributed by atoms with van der Waals surface area (Å²) >= 11 is 0. The number of fused-ring (bicyclic) bond motifs is 1. The number of hydrogen-bond acceptors (Lipinski definition) is 4. The van der Waals surface area contributed by atoms with Crippen LogP contribution in [0.3, 0.4) is 0 Å². The summed E-state index contributed by atoms with van der Waals surface area (Å²) in [5.74, 6) is 0.0526. The fraction of sp³-hybridized carbons (Fsp3) is 0.417. The fourth-order valence-electron chi connectivity index (χ4n) is 2.65. The molecule has 0 saturated carbocycles. The molecule has 1 unspecified atom stereocenters. The summed E-state index contributed by atoms with van der Waals surface area (Å²) in [6.07, 6.45) is 1.86. The molecule has 0 bridgehead atoms. The van der Waals surface area contributed by atoms with Crippen molar-refractivity contribution in [2.75, 3.05) is 5.75 Å². The van der Waals surface area contributed by atoms with Gasteiger partial charge in [0.05, 0.1) is 11.3 Å². The van der Waals surface area contributed by atoms with Crippen LogP contribution in [-0.4, -0.2) is 28.8 Å². The quantitative estimate of drug-likeness (QED) is 0.820. The molecule has 1 fully saturated rings. The Morgan fingerprint density at radius 2 is 2.11 bits per heavy atom. The lowest BCUT2D eigenvalue weighted by Gasteiger charge is -2.23. The topological polar surface area (TPSA) is 92.2 Å². The summed E-state index contributed by atoms with van der Waals surface area (Å²) in [7, 11) is -3.31. The monoisotopic (exact) mass is 282 g/mol. The lowest BCUT2D eigenvalue weighted by atomic mass is 10.2. The summed E-state index contributed by atoms with van der Waals surface area (Å²) in [5, 5.41) is 8.88. The SMILES string of the molecule is O=c1[nH]c2c(O)cccc2n1C1CCCCS1(=O)=O. The maximum absolute atomic E-state index is 12.1. The van der Waals surface area contributed by atoms with Crippen molar-refractivity contribution in [3.05, 3.63) is 28.7 Å². The number of imidazole rings is 1. The second-order valence-corrected chi connectivity index (χ2v) is 7.07. The molecule has 3 rings (SSSR count). The van der Waals surface area contributed by atoms with Gasteiger partial charge in [-0.3, -0.25) is 4.57 Å². The Morgan fingerprint density at radius 3 is 2.84 bits per heavy atom. The Labute approximate surface area is 109 Å². The van der Waals surface area contributed by atoms with E-state index in [1.807, 2.05) is 0 Å². The van der Waals surface area contributed by atoms with E-state index in [1.54, 1.807) is 12.1 Å². The summed E-state index contributed by atoms with van der Waals surface area (Å²) in [4.78, 5) is 14.5. The van der Waals surface area contributed by atoms with Crippen molar-refractivity contribution in [1.29, 1.82) is 0 Å². The number of nitrogens with zero attached hydrogens (tertiary/aromatic N) is 1. The molecule has 19 heavy (non-hydrogen) atoms. The van der Waals surface area contributed by atoms with E-state index < -0.39 is 20.9 Å². The van der Waals surface area contributed by atoms with E-state index in [2.05, 4.69) is 4.98 Å². The van der Waals surface area contributed by atoms with Crippen molar-refractivity contribution in [1.82, 2.24) is 9.55 Å². The maximum Gasteiger partial charge on any atom is 0.327 e. The zero-order chi connectivity index (χ0) is 13.6. The average molecular weight is 282 g/mol. The highest BCUT2D eigenvalue weighted by molar-refractivity contribution is 7.91. The second kappa shape index (κ2) is 4.12. The van der Waals surface area contributed by atoms with Gasteiger partial charge in [-0.1, -0.05) is 6.07 Å². The highest BCUT2D eigenvalue weighted by Crippen LogP contribution is 2.31. The summed E-state index contributed by atoms with van der Waals surface area (Å²) < 4.78 is 25.5. The number of H-pyrrole nitrogens is 1. The van der Waals surface area contributed by atoms with E-state index in [1.165, 1.54) is 10.6 Å². The van der Waals surface area contributed by atoms with Gasteiger partial charge in [-0.2, -0.15) is 0 Å². The van der Waals surface area contributed by atoms with Gasteiger partial charge in [-0.15, -0.1) is 0 Å². The van der Waals surface area contributed by atoms with Crippen molar-refractivity contribution in [3.63, 3.8) is 0 Å². The maximum atomic E-state index is 12.1. The highest BCUT2D eigenvalue weighted by Gasteiger charge is 2.32. The molecule has 1 saturated heterocycles. The lowest BCUT2D eigenvalue weighted by molar-refractivity contribution is 0.480. The Kier molecular flexibility index (Phi) is 2.67. The number of phenolic OH excluding ortho intramolecular Hbond substituents is 1. The number of para-hydroxylation sites is 1. The van der Waals surface area contributed by atoms with Crippen LogP contribution in [0.15, 0.2) is 23.0 Å². The number of nitrogens with one attached hydrogen (secondary N) is 1. The van der Waals surface area contributed by atoms with Gasteiger partial charge in [-0.05, 0) is 31.4 Å². The molecule has 0 aliphatic carbocycles. The first kappa shape index (κ1) is 12.3. The van der Waals surface area contributed by atoms with Gasteiger partial charge in [0, 0.05) is 0 Å². The molecule has 2 heterocycles. The molecule has 2 N–H and O–H groups in total. The second-order valence-electron chi connectivity index (χ2n) is 4.79. The van der Waals surface area contributed by atoms with Gasteiger partial charge >= 0.3 is 5.69 Å². The summed E-state index contributed by atoms with van der Waals surface area (Å²) in [5.41, 5.74) is 0.223. The largest absolute Gasteiger partial charge is 0.506 e. The number of aromatic hydroxyl groups is 1. The third kappa shape index (κ3) is 1.85. The van der Waals surface area contributed by atoms with Gasteiger partial charge in [0.2, 0.25) is 0 Å². The van der Waals surface area contributed by atoms with Gasteiger partial charge in [0.25, 0.3) is 0 Å². The van der Waals surface area contributed by atoms with Crippen molar-refractivity contribution in [2.45, 2.75) is 24.6 Å². The van der Waals surface area contributed by atoms with Crippen LogP contribution >= 0.6 is 0 Å². The molecule has 1 atom stereocenters. The third-order valence-corrected chi connectivity index (χ3v) is 5.70. The van der Waals surface area contributed by atoms with Crippen molar-refractivity contribution < 1.29 is 13.5 Å². The Morgan fingerprint density at radius 1 is 1.32 bits per heavy atom. The number of aromatic nitrogens is 2. The molecule has 0 spiro atoms. The summed E-state index contributed by atoms with van der Waals surface area (Å²) in [6, 6.07) is 4.69. The summed E-state index contributed by atoms with van der Waals surface area (Å²) in [6.45, 7) is 0. The minimum Gasteiger partial charge on any atom is -0.506 e. The standard InChI is InChI=1S/C12H14N2O4S/c15-9-5-3-4-8-11(9)13-12(16)14(8)10-6-1-2-7-19(10,17)18/h3-5,10,15H,1-2,6-7H2,(H,13,16). The van der Waals surface area contributed by atoms with E-state index in [0.717, 1.165) is 6.42 Å².